The van der Waals surface area contributed by atoms with Crippen LogP contribution in [0.5, 0.6) is 0 Å². The van der Waals surface area contributed by atoms with Crippen molar-refractivity contribution >= 4 is 0 Å². The van der Waals surface area contributed by atoms with E-state index < -0.39 is 0 Å². The van der Waals surface area contributed by atoms with Gasteiger partial charge < -0.3 is 5.32 Å². The van der Waals surface area contributed by atoms with Gasteiger partial charge in [-0.05, 0) is 12.2 Å². The van der Waals surface area contributed by atoms with Crippen LogP contribution in [-0.4, -0.2) is 0 Å². The van der Waals surface area contributed by atoms with E-state index in [1.807, 2.05) is 24.3 Å². The number of allylic oxidation sites excluding steroid dienone is 6. The fourth-order valence-corrected chi connectivity index (χ4v) is 0.927. The van der Waals surface area contributed by atoms with Crippen molar-refractivity contribution in [2.45, 2.75) is 6.42 Å². The van der Waals surface area contributed by atoms with Gasteiger partial charge in [-0.1, -0.05) is 37.5 Å². The lowest BCUT2D eigenvalue weighted by Crippen LogP contribution is -2.09. The third kappa shape index (κ3) is 2.62. The van der Waals surface area contributed by atoms with E-state index >= 15 is 0 Å². The predicted octanol–water partition coefficient (Wildman–Crippen LogP) is 2.68. The molecular weight excluding hydrogens is 146 g/mol. The summed E-state index contributed by atoms with van der Waals surface area (Å²) in [6.07, 6.45) is 12.8. The maximum absolute atomic E-state index is 3.78. The van der Waals surface area contributed by atoms with Gasteiger partial charge in [0.05, 0.1) is 0 Å². The molecule has 12 heavy (non-hydrogen) atoms. The molecule has 0 atom stereocenters. The number of rotatable bonds is 3. The molecule has 0 spiro atoms. The molecule has 1 aliphatic carbocycles. The van der Waals surface area contributed by atoms with Gasteiger partial charge in [-0.15, -0.1) is 0 Å². The molecule has 0 heterocycles. The Morgan fingerprint density at radius 3 is 3.00 bits per heavy atom. The van der Waals surface area contributed by atoms with E-state index in [0.717, 1.165) is 17.8 Å². The molecule has 0 bridgehead atoms. The van der Waals surface area contributed by atoms with Crippen molar-refractivity contribution in [3.63, 3.8) is 0 Å². The van der Waals surface area contributed by atoms with Crippen LogP contribution in [0.1, 0.15) is 6.42 Å². The van der Waals surface area contributed by atoms with E-state index in [1.54, 1.807) is 6.08 Å². The van der Waals surface area contributed by atoms with Crippen LogP contribution in [0.25, 0.3) is 0 Å². The van der Waals surface area contributed by atoms with Crippen LogP contribution in [0.15, 0.2) is 61.0 Å². The first-order valence-corrected chi connectivity index (χ1v) is 3.93. The van der Waals surface area contributed by atoms with Gasteiger partial charge in [0.25, 0.3) is 0 Å². The molecule has 1 aliphatic rings. The molecule has 1 rings (SSSR count). The quantitative estimate of drug-likeness (QED) is 0.624. The molecule has 1 N–H and O–H groups in total. The first kappa shape index (κ1) is 8.60. The molecule has 0 saturated carbocycles. The van der Waals surface area contributed by atoms with E-state index in [2.05, 4.69) is 24.6 Å². The van der Waals surface area contributed by atoms with E-state index in [1.165, 1.54) is 0 Å². The Bertz CT molecular complexity index is 267. The highest BCUT2D eigenvalue weighted by Gasteiger charge is 1.94. The van der Waals surface area contributed by atoms with Crippen LogP contribution < -0.4 is 5.32 Å². The molecular formula is C11H13N. The molecule has 0 amide bonds. The topological polar surface area (TPSA) is 12.0 Å². The first-order valence-electron chi connectivity index (χ1n) is 3.93. The summed E-state index contributed by atoms with van der Waals surface area (Å²) in [6, 6.07) is 0. The molecule has 62 valence electrons. The molecule has 1 heteroatoms. The molecule has 0 aliphatic heterocycles. The van der Waals surface area contributed by atoms with Crippen molar-refractivity contribution in [3.8, 4) is 0 Å². The molecule has 0 aromatic rings. The van der Waals surface area contributed by atoms with Gasteiger partial charge >= 0.3 is 0 Å². The lowest BCUT2D eigenvalue weighted by atomic mass is 10.3. The summed E-state index contributed by atoms with van der Waals surface area (Å²) in [5.74, 6) is 0. The fourth-order valence-electron chi connectivity index (χ4n) is 0.927. The molecule has 0 aromatic carbocycles. The Labute approximate surface area is 73.5 Å². The van der Waals surface area contributed by atoms with Crippen LogP contribution in [0.3, 0.4) is 0 Å². The van der Waals surface area contributed by atoms with Gasteiger partial charge in [0, 0.05) is 17.8 Å². The second-order valence-corrected chi connectivity index (χ2v) is 2.56. The number of hydrogen-bond donors (Lipinski definition) is 1. The summed E-state index contributed by atoms with van der Waals surface area (Å²) in [6.45, 7) is 7.40. The molecule has 0 aromatic heterocycles. The van der Waals surface area contributed by atoms with Gasteiger partial charge in [-0.3, -0.25) is 0 Å². The predicted molar refractivity (Wildman–Crippen MR) is 53.5 cm³/mol. The average Bonchev–Trinajstić information content (AvgIpc) is 2.33. The summed E-state index contributed by atoms with van der Waals surface area (Å²) in [4.78, 5) is 0. The third-order valence-electron chi connectivity index (χ3n) is 1.56. The van der Waals surface area contributed by atoms with Crippen LogP contribution in [0.2, 0.25) is 0 Å². The van der Waals surface area contributed by atoms with Gasteiger partial charge in [0.2, 0.25) is 0 Å². The number of nitrogens with one attached hydrogen (secondary N) is 1. The van der Waals surface area contributed by atoms with Crippen LogP contribution in [0, 0.1) is 0 Å². The van der Waals surface area contributed by atoms with Crippen LogP contribution in [0.4, 0.5) is 0 Å². The third-order valence-corrected chi connectivity index (χ3v) is 1.56. The molecule has 1 nitrogen and oxygen atoms in total. The Balaban J connectivity index is 2.57. The Kier molecular flexibility index (Phi) is 3.15. The Hall–Kier alpha value is -1.50. The van der Waals surface area contributed by atoms with E-state index in [0.29, 0.717) is 0 Å². The zero-order valence-electron chi connectivity index (χ0n) is 7.09. The van der Waals surface area contributed by atoms with E-state index in [-0.39, 0.29) is 0 Å². The van der Waals surface area contributed by atoms with Crippen molar-refractivity contribution in [2.24, 2.45) is 0 Å². The van der Waals surface area contributed by atoms with Crippen LogP contribution >= 0.6 is 0 Å². The fraction of sp³-hybridized carbons (Fsp3) is 0.0909. The SMILES string of the molecule is C=CC(=C)NC1=CC=CC=CC1. The Morgan fingerprint density at radius 2 is 2.25 bits per heavy atom. The number of hydrogen-bond acceptors (Lipinski definition) is 1. The molecule has 0 saturated heterocycles. The summed E-state index contributed by atoms with van der Waals surface area (Å²) < 4.78 is 0. The summed E-state index contributed by atoms with van der Waals surface area (Å²) in [5.41, 5.74) is 1.98. The standard InChI is InChI=1S/C11H13N/c1-3-10(2)12-11-8-6-4-5-7-9-11/h3-8,12H,1-2,9H2. The van der Waals surface area contributed by atoms with Gasteiger partial charge in [-0.2, -0.15) is 0 Å². The minimum atomic E-state index is 0.838. The Morgan fingerprint density at radius 1 is 1.42 bits per heavy atom. The minimum absolute atomic E-state index is 0.838. The van der Waals surface area contributed by atoms with Crippen molar-refractivity contribution in [2.75, 3.05) is 0 Å². The van der Waals surface area contributed by atoms with E-state index in [4.69, 9.17) is 0 Å². The highest BCUT2D eigenvalue weighted by Crippen LogP contribution is 2.05. The van der Waals surface area contributed by atoms with Gasteiger partial charge in [0.15, 0.2) is 0 Å². The second kappa shape index (κ2) is 4.39. The largest absolute Gasteiger partial charge is 0.359 e. The smallest absolute Gasteiger partial charge is 0.0302 e. The zero-order valence-corrected chi connectivity index (χ0v) is 7.09. The van der Waals surface area contributed by atoms with Gasteiger partial charge in [0.1, 0.15) is 0 Å². The molecule has 0 fully saturated rings. The van der Waals surface area contributed by atoms with Crippen LogP contribution in [-0.2, 0) is 0 Å². The lowest BCUT2D eigenvalue weighted by molar-refractivity contribution is 0.959. The lowest BCUT2D eigenvalue weighted by Gasteiger charge is -2.06. The average molecular weight is 159 g/mol. The summed E-state index contributed by atoms with van der Waals surface area (Å²) in [7, 11) is 0. The monoisotopic (exact) mass is 159 g/mol. The highest BCUT2D eigenvalue weighted by atomic mass is 14.9. The summed E-state index contributed by atoms with van der Waals surface area (Å²) >= 11 is 0. The summed E-state index contributed by atoms with van der Waals surface area (Å²) in [5, 5.41) is 3.15. The van der Waals surface area contributed by atoms with E-state index in [9.17, 15) is 0 Å². The van der Waals surface area contributed by atoms with Crippen molar-refractivity contribution in [1.82, 2.24) is 5.32 Å². The van der Waals surface area contributed by atoms with Crippen molar-refractivity contribution in [3.05, 3.63) is 61.0 Å². The van der Waals surface area contributed by atoms with Crippen molar-refractivity contribution in [1.29, 1.82) is 0 Å². The molecule has 0 unspecified atom stereocenters. The first-order chi connectivity index (χ1) is 5.83. The van der Waals surface area contributed by atoms with Gasteiger partial charge in [-0.25, -0.2) is 0 Å². The maximum Gasteiger partial charge on any atom is 0.0302 e. The molecule has 0 radical (unpaired) electrons. The second-order valence-electron chi connectivity index (χ2n) is 2.56. The zero-order chi connectivity index (χ0) is 8.81. The highest BCUT2D eigenvalue weighted by molar-refractivity contribution is 5.26. The van der Waals surface area contributed by atoms with Crippen molar-refractivity contribution < 1.29 is 0 Å². The normalized spacial score (nSPS) is 14.8. The minimum Gasteiger partial charge on any atom is -0.359 e. The maximum atomic E-state index is 3.78.